The van der Waals surface area contributed by atoms with E-state index in [1.165, 1.54) is 26.4 Å². The Kier molecular flexibility index (Phi) is 4.08. The summed E-state index contributed by atoms with van der Waals surface area (Å²) in [5.74, 6) is 1.76. The van der Waals surface area contributed by atoms with Crippen LogP contribution in [0.2, 0.25) is 0 Å². The molecule has 1 saturated heterocycles. The fourth-order valence-electron chi connectivity index (χ4n) is 3.68. The van der Waals surface area contributed by atoms with Crippen LogP contribution in [0.3, 0.4) is 0 Å². The van der Waals surface area contributed by atoms with Gasteiger partial charge in [0.25, 0.3) is 0 Å². The second-order valence-corrected chi connectivity index (χ2v) is 6.07. The van der Waals surface area contributed by atoms with Crippen molar-refractivity contribution in [2.75, 3.05) is 20.2 Å². The zero-order valence-electron chi connectivity index (χ0n) is 11.3. The van der Waals surface area contributed by atoms with E-state index in [0.717, 1.165) is 31.3 Å². The van der Waals surface area contributed by atoms with Gasteiger partial charge in [0, 0.05) is 12.6 Å². The highest BCUT2D eigenvalue weighted by Gasteiger charge is 2.35. The Morgan fingerprint density at radius 2 is 1.82 bits per heavy atom. The van der Waals surface area contributed by atoms with E-state index in [-0.39, 0.29) is 11.9 Å². The molecular weight excluding hydrogens is 214 g/mol. The summed E-state index contributed by atoms with van der Waals surface area (Å²) in [5, 5.41) is 0. The fraction of sp³-hybridized carbons (Fsp3) is 0.929. The number of nitrogens with zero attached hydrogens (tertiary/aromatic N) is 1. The number of hydrogen-bond donors (Lipinski definition) is 0. The SMILES string of the molecule is COC(=O)C1CCN(C2CC(C)CC(C)C2)C1. The predicted molar refractivity (Wildman–Crippen MR) is 67.7 cm³/mol. The number of methoxy groups -OCH3 is 1. The van der Waals surface area contributed by atoms with Crippen LogP contribution in [0.5, 0.6) is 0 Å². The number of ether oxygens (including phenoxy) is 1. The maximum absolute atomic E-state index is 11.5. The molecule has 0 N–H and O–H groups in total. The predicted octanol–water partition coefficient (Wildman–Crippen LogP) is 2.31. The average molecular weight is 239 g/mol. The smallest absolute Gasteiger partial charge is 0.310 e. The van der Waals surface area contributed by atoms with Gasteiger partial charge in [0.05, 0.1) is 13.0 Å². The number of hydrogen-bond acceptors (Lipinski definition) is 3. The van der Waals surface area contributed by atoms with Gasteiger partial charge in [-0.15, -0.1) is 0 Å². The van der Waals surface area contributed by atoms with Crippen LogP contribution in [-0.2, 0) is 9.53 Å². The van der Waals surface area contributed by atoms with Crippen LogP contribution < -0.4 is 0 Å². The Labute approximate surface area is 105 Å². The molecule has 17 heavy (non-hydrogen) atoms. The Morgan fingerprint density at radius 3 is 2.41 bits per heavy atom. The van der Waals surface area contributed by atoms with E-state index in [4.69, 9.17) is 4.74 Å². The lowest BCUT2D eigenvalue weighted by Gasteiger charge is -2.37. The highest BCUT2D eigenvalue weighted by atomic mass is 16.5. The van der Waals surface area contributed by atoms with E-state index in [9.17, 15) is 4.79 Å². The quantitative estimate of drug-likeness (QED) is 0.693. The van der Waals surface area contributed by atoms with Crippen LogP contribution in [0.1, 0.15) is 39.5 Å². The molecule has 2 aliphatic rings. The molecule has 0 radical (unpaired) electrons. The summed E-state index contributed by atoms with van der Waals surface area (Å²) in [6, 6.07) is 0.698. The molecule has 3 heteroatoms. The third-order valence-corrected chi connectivity index (χ3v) is 4.42. The fourth-order valence-corrected chi connectivity index (χ4v) is 3.68. The number of carbonyl (C=O) groups excluding carboxylic acids is 1. The van der Waals surface area contributed by atoms with Crippen molar-refractivity contribution in [2.45, 2.75) is 45.6 Å². The summed E-state index contributed by atoms with van der Waals surface area (Å²) in [7, 11) is 1.50. The lowest BCUT2D eigenvalue weighted by molar-refractivity contribution is -0.145. The molecule has 2 rings (SSSR count). The minimum atomic E-state index is -0.0237. The third-order valence-electron chi connectivity index (χ3n) is 4.42. The van der Waals surface area contributed by atoms with Crippen LogP contribution in [0.15, 0.2) is 0 Å². The zero-order valence-corrected chi connectivity index (χ0v) is 11.3. The van der Waals surface area contributed by atoms with Crippen LogP contribution in [0, 0.1) is 17.8 Å². The molecule has 0 amide bonds. The van der Waals surface area contributed by atoms with Crippen molar-refractivity contribution < 1.29 is 9.53 Å². The van der Waals surface area contributed by atoms with Crippen molar-refractivity contribution in [1.29, 1.82) is 0 Å². The van der Waals surface area contributed by atoms with Crippen LogP contribution in [0.25, 0.3) is 0 Å². The van der Waals surface area contributed by atoms with E-state index < -0.39 is 0 Å². The average Bonchev–Trinajstić information content (AvgIpc) is 2.76. The van der Waals surface area contributed by atoms with E-state index in [0.29, 0.717) is 6.04 Å². The number of rotatable bonds is 2. The maximum atomic E-state index is 11.5. The molecule has 3 unspecified atom stereocenters. The van der Waals surface area contributed by atoms with Gasteiger partial charge in [-0.2, -0.15) is 0 Å². The molecule has 1 aliphatic carbocycles. The summed E-state index contributed by atoms with van der Waals surface area (Å²) in [4.78, 5) is 14.0. The molecule has 1 heterocycles. The van der Waals surface area contributed by atoms with Gasteiger partial charge >= 0.3 is 5.97 Å². The Balaban J connectivity index is 1.89. The number of carbonyl (C=O) groups is 1. The van der Waals surface area contributed by atoms with Gasteiger partial charge in [-0.05, 0) is 44.1 Å². The second kappa shape index (κ2) is 5.38. The normalized spacial score (nSPS) is 39.2. The maximum Gasteiger partial charge on any atom is 0.310 e. The Hall–Kier alpha value is -0.570. The molecule has 0 aromatic heterocycles. The van der Waals surface area contributed by atoms with Crippen molar-refractivity contribution >= 4 is 5.97 Å². The molecule has 1 saturated carbocycles. The minimum absolute atomic E-state index is 0.0237. The molecular formula is C14H25NO2. The summed E-state index contributed by atoms with van der Waals surface area (Å²) in [5.41, 5.74) is 0. The van der Waals surface area contributed by atoms with Crippen LogP contribution >= 0.6 is 0 Å². The Bertz CT molecular complexity index is 269. The van der Waals surface area contributed by atoms with Gasteiger partial charge in [0.2, 0.25) is 0 Å². The Morgan fingerprint density at radius 1 is 1.18 bits per heavy atom. The van der Waals surface area contributed by atoms with Gasteiger partial charge in [0.15, 0.2) is 0 Å². The largest absolute Gasteiger partial charge is 0.469 e. The van der Waals surface area contributed by atoms with Gasteiger partial charge in [0.1, 0.15) is 0 Å². The lowest BCUT2D eigenvalue weighted by Crippen LogP contribution is -2.39. The zero-order chi connectivity index (χ0) is 12.4. The summed E-state index contributed by atoms with van der Waals surface area (Å²) < 4.78 is 4.85. The minimum Gasteiger partial charge on any atom is -0.469 e. The molecule has 3 atom stereocenters. The number of esters is 1. The highest BCUT2D eigenvalue weighted by molar-refractivity contribution is 5.72. The molecule has 2 fully saturated rings. The molecule has 98 valence electrons. The first-order valence-corrected chi connectivity index (χ1v) is 6.92. The molecule has 0 aromatic carbocycles. The van der Waals surface area contributed by atoms with Crippen LogP contribution in [-0.4, -0.2) is 37.1 Å². The van der Waals surface area contributed by atoms with Crippen molar-refractivity contribution in [3.63, 3.8) is 0 Å². The molecule has 0 bridgehead atoms. The first-order chi connectivity index (χ1) is 8.10. The monoisotopic (exact) mass is 239 g/mol. The molecule has 1 aliphatic heterocycles. The van der Waals surface area contributed by atoms with Crippen molar-refractivity contribution in [3.8, 4) is 0 Å². The summed E-state index contributed by atoms with van der Waals surface area (Å²) in [6.07, 6.45) is 4.95. The second-order valence-electron chi connectivity index (χ2n) is 6.07. The van der Waals surface area contributed by atoms with E-state index in [2.05, 4.69) is 18.7 Å². The van der Waals surface area contributed by atoms with Crippen molar-refractivity contribution in [3.05, 3.63) is 0 Å². The lowest BCUT2D eigenvalue weighted by atomic mass is 9.80. The first kappa shape index (κ1) is 12.9. The van der Waals surface area contributed by atoms with Crippen molar-refractivity contribution in [2.24, 2.45) is 17.8 Å². The third kappa shape index (κ3) is 3.01. The molecule has 3 nitrogen and oxygen atoms in total. The van der Waals surface area contributed by atoms with Gasteiger partial charge < -0.3 is 4.74 Å². The highest BCUT2D eigenvalue weighted by Crippen LogP contribution is 2.34. The topological polar surface area (TPSA) is 29.5 Å². The number of likely N-dealkylation sites (tertiary alicyclic amines) is 1. The van der Waals surface area contributed by atoms with E-state index >= 15 is 0 Å². The standard InChI is InChI=1S/C14H25NO2/c1-10-6-11(2)8-13(7-10)15-5-4-12(9-15)14(16)17-3/h10-13H,4-9H2,1-3H3. The van der Waals surface area contributed by atoms with Gasteiger partial charge in [-0.3, -0.25) is 9.69 Å². The molecule has 0 aromatic rings. The summed E-state index contributed by atoms with van der Waals surface area (Å²) in [6.45, 7) is 6.70. The van der Waals surface area contributed by atoms with Gasteiger partial charge in [-0.1, -0.05) is 13.8 Å². The van der Waals surface area contributed by atoms with Crippen LogP contribution in [0.4, 0.5) is 0 Å². The van der Waals surface area contributed by atoms with E-state index in [1.54, 1.807) is 0 Å². The summed E-state index contributed by atoms with van der Waals surface area (Å²) >= 11 is 0. The first-order valence-electron chi connectivity index (χ1n) is 6.92. The van der Waals surface area contributed by atoms with E-state index in [1.807, 2.05) is 0 Å². The molecule has 0 spiro atoms. The van der Waals surface area contributed by atoms with Crippen molar-refractivity contribution in [1.82, 2.24) is 4.90 Å². The van der Waals surface area contributed by atoms with Gasteiger partial charge in [-0.25, -0.2) is 0 Å².